The summed E-state index contributed by atoms with van der Waals surface area (Å²) in [6.07, 6.45) is 2.14. The molecule has 1 rings (SSSR count). The minimum absolute atomic E-state index is 0.361. The average Bonchev–Trinajstić information content (AvgIpc) is 2.29. The highest BCUT2D eigenvalue weighted by atomic mass is 32.2. The first-order chi connectivity index (χ1) is 7.48. The predicted molar refractivity (Wildman–Crippen MR) is 62.2 cm³/mol. The number of sulfonamides is 1. The van der Waals surface area contributed by atoms with Crippen molar-refractivity contribution in [2.75, 3.05) is 26.7 Å². The average molecular weight is 245 g/mol. The Morgan fingerprint density at radius 3 is 2.81 bits per heavy atom. The third kappa shape index (κ3) is 3.17. The minimum Gasteiger partial charge on any atom is -0.316 e. The third-order valence-electron chi connectivity index (χ3n) is 2.98. The maximum atomic E-state index is 11.8. The van der Waals surface area contributed by atoms with Crippen LogP contribution in [0.5, 0.6) is 0 Å². The Morgan fingerprint density at radius 1 is 1.62 bits per heavy atom. The Bertz CT molecular complexity index is 355. The Labute approximate surface area is 97.5 Å². The molecule has 0 aromatic heterocycles. The van der Waals surface area contributed by atoms with E-state index in [1.807, 2.05) is 0 Å². The van der Waals surface area contributed by atoms with E-state index < -0.39 is 15.3 Å². The zero-order valence-electron chi connectivity index (χ0n) is 9.81. The van der Waals surface area contributed by atoms with E-state index in [0.717, 1.165) is 25.9 Å². The summed E-state index contributed by atoms with van der Waals surface area (Å²) in [6.45, 7) is 3.80. The van der Waals surface area contributed by atoms with Crippen molar-refractivity contribution in [1.29, 1.82) is 5.26 Å². The van der Waals surface area contributed by atoms with Crippen LogP contribution in [0, 0.1) is 17.2 Å². The minimum atomic E-state index is -3.44. The molecule has 0 aromatic rings. The van der Waals surface area contributed by atoms with Crippen LogP contribution >= 0.6 is 0 Å². The second-order valence-electron chi connectivity index (χ2n) is 4.31. The molecule has 0 bridgehead atoms. The van der Waals surface area contributed by atoms with Gasteiger partial charge in [-0.05, 0) is 38.8 Å². The summed E-state index contributed by atoms with van der Waals surface area (Å²) in [6, 6.07) is 1.78. The molecular formula is C10H19N3O2S. The molecule has 16 heavy (non-hydrogen) atoms. The van der Waals surface area contributed by atoms with Crippen LogP contribution in [0.3, 0.4) is 0 Å². The van der Waals surface area contributed by atoms with Gasteiger partial charge in [-0.15, -0.1) is 0 Å². The van der Waals surface area contributed by atoms with Crippen LogP contribution in [0.2, 0.25) is 0 Å². The van der Waals surface area contributed by atoms with Crippen LogP contribution in [-0.4, -0.2) is 44.7 Å². The summed E-state index contributed by atoms with van der Waals surface area (Å²) >= 11 is 0. The summed E-state index contributed by atoms with van der Waals surface area (Å²) in [5, 5.41) is 10.9. The molecule has 2 atom stereocenters. The molecule has 1 heterocycles. The van der Waals surface area contributed by atoms with E-state index in [1.54, 1.807) is 13.1 Å². The number of hydrogen-bond acceptors (Lipinski definition) is 4. The van der Waals surface area contributed by atoms with E-state index in [-0.39, 0.29) is 0 Å². The largest absolute Gasteiger partial charge is 0.316 e. The van der Waals surface area contributed by atoms with Crippen LogP contribution in [0.4, 0.5) is 0 Å². The molecule has 0 saturated carbocycles. The number of hydrogen-bond donors (Lipinski definition) is 1. The summed E-state index contributed by atoms with van der Waals surface area (Å²) < 4.78 is 25.0. The van der Waals surface area contributed by atoms with Crippen molar-refractivity contribution < 1.29 is 8.42 Å². The molecule has 1 aliphatic heterocycles. The van der Waals surface area contributed by atoms with Crippen molar-refractivity contribution in [3.05, 3.63) is 0 Å². The van der Waals surface area contributed by atoms with Crippen molar-refractivity contribution in [3.8, 4) is 6.07 Å². The second kappa shape index (κ2) is 5.62. The first-order valence-corrected chi connectivity index (χ1v) is 7.04. The first kappa shape index (κ1) is 13.4. The Morgan fingerprint density at radius 2 is 2.31 bits per heavy atom. The van der Waals surface area contributed by atoms with Gasteiger partial charge in [0.25, 0.3) is 0 Å². The normalized spacial score (nSPS) is 24.0. The summed E-state index contributed by atoms with van der Waals surface area (Å²) in [5.41, 5.74) is 0. The van der Waals surface area contributed by atoms with Gasteiger partial charge in [-0.1, -0.05) is 0 Å². The Kier molecular flexibility index (Phi) is 4.71. The quantitative estimate of drug-likeness (QED) is 0.765. The lowest BCUT2D eigenvalue weighted by Crippen LogP contribution is -2.41. The van der Waals surface area contributed by atoms with E-state index in [1.165, 1.54) is 11.2 Å². The van der Waals surface area contributed by atoms with Crippen LogP contribution in [0.1, 0.15) is 19.8 Å². The van der Waals surface area contributed by atoms with Crippen molar-refractivity contribution in [3.63, 3.8) is 0 Å². The Balaban J connectivity index is 2.57. The van der Waals surface area contributed by atoms with E-state index in [9.17, 15) is 8.42 Å². The summed E-state index contributed by atoms with van der Waals surface area (Å²) in [5.74, 6) is 0.361. The maximum absolute atomic E-state index is 11.8. The van der Waals surface area contributed by atoms with Crippen molar-refractivity contribution >= 4 is 10.0 Å². The number of piperidine rings is 1. The van der Waals surface area contributed by atoms with Crippen LogP contribution < -0.4 is 5.32 Å². The zero-order valence-corrected chi connectivity index (χ0v) is 10.6. The molecule has 2 unspecified atom stereocenters. The molecular weight excluding hydrogens is 226 g/mol. The highest BCUT2D eigenvalue weighted by Crippen LogP contribution is 2.14. The van der Waals surface area contributed by atoms with E-state index in [4.69, 9.17) is 5.26 Å². The number of nitriles is 1. The molecule has 1 fully saturated rings. The standard InChI is InChI=1S/C10H19N3O2S/c1-9(6-11)16(14,15)13(2)8-10-4-3-5-12-7-10/h9-10,12H,3-5,7-8H2,1-2H3. The Hall–Kier alpha value is -0.640. The van der Waals surface area contributed by atoms with E-state index in [0.29, 0.717) is 12.5 Å². The molecule has 0 aromatic carbocycles. The fraction of sp³-hybridized carbons (Fsp3) is 0.900. The van der Waals surface area contributed by atoms with Crippen LogP contribution in [-0.2, 0) is 10.0 Å². The molecule has 1 aliphatic rings. The third-order valence-corrected chi connectivity index (χ3v) is 4.99. The van der Waals surface area contributed by atoms with Gasteiger partial charge in [0.1, 0.15) is 0 Å². The monoisotopic (exact) mass is 245 g/mol. The molecule has 1 N–H and O–H groups in total. The smallest absolute Gasteiger partial charge is 0.229 e. The van der Waals surface area contributed by atoms with E-state index >= 15 is 0 Å². The first-order valence-electron chi connectivity index (χ1n) is 5.54. The number of nitrogens with one attached hydrogen (secondary N) is 1. The topological polar surface area (TPSA) is 73.2 Å². The van der Waals surface area contributed by atoms with Crippen molar-refractivity contribution in [2.24, 2.45) is 5.92 Å². The number of rotatable bonds is 4. The molecule has 0 spiro atoms. The van der Waals surface area contributed by atoms with Crippen molar-refractivity contribution in [1.82, 2.24) is 9.62 Å². The van der Waals surface area contributed by atoms with Gasteiger partial charge in [0.05, 0.1) is 6.07 Å². The lowest BCUT2D eigenvalue weighted by molar-refractivity contribution is 0.314. The van der Waals surface area contributed by atoms with Crippen LogP contribution in [0.25, 0.3) is 0 Å². The van der Waals surface area contributed by atoms with Gasteiger partial charge in [0, 0.05) is 13.6 Å². The molecule has 0 amide bonds. The zero-order chi connectivity index (χ0) is 12.2. The lowest BCUT2D eigenvalue weighted by Gasteiger charge is -2.27. The highest BCUT2D eigenvalue weighted by Gasteiger charge is 2.28. The van der Waals surface area contributed by atoms with Gasteiger partial charge in [0.15, 0.2) is 5.25 Å². The molecule has 0 radical (unpaired) electrons. The summed E-state index contributed by atoms with van der Waals surface area (Å²) in [4.78, 5) is 0. The molecule has 5 nitrogen and oxygen atoms in total. The van der Waals surface area contributed by atoms with Gasteiger partial charge in [-0.3, -0.25) is 0 Å². The van der Waals surface area contributed by atoms with Gasteiger partial charge >= 0.3 is 0 Å². The summed E-state index contributed by atoms with van der Waals surface area (Å²) in [7, 11) is -1.89. The van der Waals surface area contributed by atoms with Gasteiger partial charge in [-0.25, -0.2) is 12.7 Å². The lowest BCUT2D eigenvalue weighted by atomic mass is 10.00. The second-order valence-corrected chi connectivity index (χ2v) is 6.67. The fourth-order valence-corrected chi connectivity index (χ4v) is 2.98. The van der Waals surface area contributed by atoms with Crippen molar-refractivity contribution in [2.45, 2.75) is 25.0 Å². The molecule has 0 aliphatic carbocycles. The van der Waals surface area contributed by atoms with E-state index in [2.05, 4.69) is 5.32 Å². The van der Waals surface area contributed by atoms with Crippen LogP contribution in [0.15, 0.2) is 0 Å². The fourth-order valence-electron chi connectivity index (χ4n) is 1.88. The van der Waals surface area contributed by atoms with Gasteiger partial charge in [-0.2, -0.15) is 5.26 Å². The molecule has 92 valence electrons. The highest BCUT2D eigenvalue weighted by molar-refractivity contribution is 7.89. The van der Waals surface area contributed by atoms with Gasteiger partial charge in [0.2, 0.25) is 10.0 Å². The molecule has 6 heteroatoms. The van der Waals surface area contributed by atoms with Gasteiger partial charge < -0.3 is 5.32 Å². The SMILES string of the molecule is CC(C#N)S(=O)(=O)N(C)CC1CCCNC1. The molecule has 1 saturated heterocycles. The predicted octanol–water partition coefficient (Wildman–Crippen LogP) is 0.160. The maximum Gasteiger partial charge on any atom is 0.229 e. The number of nitrogens with zero attached hydrogens (tertiary/aromatic N) is 2.